The molecule has 0 N–H and O–H groups in total. The molecule has 8 rings (SSSR count). The first-order valence-electron chi connectivity index (χ1n) is 16.2. The molecule has 13 nitrogen and oxygen atoms in total. The number of aromatic nitrogens is 10. The Hall–Kier alpha value is -5.45. The lowest BCUT2D eigenvalue weighted by Gasteiger charge is -2.34. The molecule has 6 heterocycles. The fraction of sp³-hybridized carbons (Fsp3) is 0.412. The standard InChI is InChI=1S/C17H14F5N5O2.C15H9ClF5N5O.2CH4/c1-2-28-17(21,22)15-26-25-13-7-23-12(8-27(13)15)9-3-11(18)14(24-6-9)29-10-4-16(19,20)5-10;16-15(20,21)13-25-24-11-5-22-10(6-26(11)13)7-1-9(17)12(23-4-7)27-8-2-14(18,19)3-8;;/h3,6-8,10H,2,4-5H2,1H3;1,4-6,8H,2-3H2;2*1H4. The maximum absolute atomic E-state index is 14.3. The molecule has 6 aromatic heterocycles. The number of ether oxygens (including phenoxy) is 3. The summed E-state index contributed by atoms with van der Waals surface area (Å²) >= 11 is 4.99. The minimum Gasteiger partial charge on any atom is -0.472 e. The summed E-state index contributed by atoms with van der Waals surface area (Å²) < 4.78 is 151. The van der Waals surface area contributed by atoms with Crippen molar-refractivity contribution in [3.05, 3.63) is 72.6 Å². The maximum atomic E-state index is 14.3. The lowest BCUT2D eigenvalue weighted by Crippen LogP contribution is -2.43. The third-order valence-corrected chi connectivity index (χ3v) is 8.46. The molecule has 0 atom stereocenters. The van der Waals surface area contributed by atoms with Crippen LogP contribution in [0.2, 0.25) is 0 Å². The van der Waals surface area contributed by atoms with Gasteiger partial charge in [-0.3, -0.25) is 18.8 Å². The molecule has 2 saturated carbocycles. The van der Waals surface area contributed by atoms with E-state index in [-0.39, 0.29) is 55.3 Å². The quantitative estimate of drug-likeness (QED) is 0.0967. The first kappa shape index (κ1) is 43.7. The Morgan fingerprint density at radius 3 is 1.47 bits per heavy atom. The number of alkyl halides is 9. The largest absolute Gasteiger partial charge is 0.472 e. The Labute approximate surface area is 326 Å². The molecule has 6 aromatic rings. The third kappa shape index (κ3) is 9.14. The minimum atomic E-state index is -3.76. The topological polar surface area (TPSA) is 140 Å². The van der Waals surface area contributed by atoms with Gasteiger partial charge >= 0.3 is 11.5 Å². The van der Waals surface area contributed by atoms with Gasteiger partial charge in [0.25, 0.3) is 23.6 Å². The van der Waals surface area contributed by atoms with Gasteiger partial charge in [-0.15, -0.1) is 20.4 Å². The third-order valence-electron chi connectivity index (χ3n) is 8.29. The van der Waals surface area contributed by atoms with E-state index in [1.807, 2.05) is 0 Å². The van der Waals surface area contributed by atoms with Crippen LogP contribution in [0.15, 0.2) is 49.3 Å². The monoisotopic (exact) mass is 852 g/mol. The average Bonchev–Trinajstić information content (AvgIpc) is 3.73. The number of fused-ring (bicyclic) bond motifs is 2. The molecule has 24 heteroatoms. The molecule has 2 fully saturated rings. The van der Waals surface area contributed by atoms with Gasteiger partial charge in [0.2, 0.25) is 11.6 Å². The number of hydrogen-bond donors (Lipinski definition) is 0. The average molecular weight is 853 g/mol. The molecule has 2 aliphatic carbocycles. The van der Waals surface area contributed by atoms with Crippen LogP contribution < -0.4 is 9.47 Å². The summed E-state index contributed by atoms with van der Waals surface area (Å²) in [6, 6.07) is 2.04. The van der Waals surface area contributed by atoms with Crippen molar-refractivity contribution in [2.45, 2.75) is 83.0 Å². The van der Waals surface area contributed by atoms with E-state index in [9.17, 15) is 43.9 Å². The van der Waals surface area contributed by atoms with E-state index in [1.54, 1.807) is 0 Å². The maximum Gasteiger partial charge on any atom is 0.418 e. The highest BCUT2D eigenvalue weighted by molar-refractivity contribution is 6.21. The number of hydrogen-bond acceptors (Lipinski definition) is 11. The molecule has 0 unspecified atom stereocenters. The van der Waals surface area contributed by atoms with Gasteiger partial charge in [0.05, 0.1) is 30.4 Å². The van der Waals surface area contributed by atoms with Gasteiger partial charge in [0.15, 0.2) is 22.9 Å². The number of halogens is 11. The van der Waals surface area contributed by atoms with E-state index >= 15 is 0 Å². The number of rotatable bonds is 10. The van der Waals surface area contributed by atoms with E-state index in [1.165, 1.54) is 31.7 Å². The normalized spacial score (nSPS) is 16.3. The lowest BCUT2D eigenvalue weighted by molar-refractivity contribution is -0.251. The van der Waals surface area contributed by atoms with Crippen LogP contribution in [-0.4, -0.2) is 79.8 Å². The summed E-state index contributed by atoms with van der Waals surface area (Å²) in [6.45, 7) is 1.16. The molecule has 0 saturated heterocycles. The molecule has 0 spiro atoms. The Bertz CT molecular complexity index is 2400. The highest BCUT2D eigenvalue weighted by atomic mass is 35.5. The van der Waals surface area contributed by atoms with Crippen molar-refractivity contribution in [2.24, 2.45) is 0 Å². The van der Waals surface area contributed by atoms with Crippen LogP contribution in [0, 0.1) is 11.6 Å². The molecule has 312 valence electrons. The van der Waals surface area contributed by atoms with Crippen molar-refractivity contribution in [1.82, 2.24) is 49.1 Å². The van der Waals surface area contributed by atoms with Gasteiger partial charge in [-0.1, -0.05) is 14.9 Å². The van der Waals surface area contributed by atoms with Gasteiger partial charge < -0.3 is 14.2 Å². The Kier molecular flexibility index (Phi) is 12.1. The van der Waals surface area contributed by atoms with Crippen LogP contribution in [-0.2, 0) is 16.2 Å². The van der Waals surface area contributed by atoms with E-state index in [2.05, 4.69) is 45.1 Å². The molecule has 58 heavy (non-hydrogen) atoms. The van der Waals surface area contributed by atoms with Crippen LogP contribution in [0.1, 0.15) is 59.1 Å². The van der Waals surface area contributed by atoms with Crippen LogP contribution in [0.3, 0.4) is 0 Å². The van der Waals surface area contributed by atoms with Crippen molar-refractivity contribution in [3.8, 4) is 34.3 Å². The lowest BCUT2D eigenvalue weighted by atomic mass is 9.91. The van der Waals surface area contributed by atoms with Crippen molar-refractivity contribution in [1.29, 1.82) is 0 Å². The van der Waals surface area contributed by atoms with Gasteiger partial charge in [-0.2, -0.15) is 17.6 Å². The number of nitrogens with zero attached hydrogens (tertiary/aromatic N) is 10. The SMILES string of the molecule is C.C.CCOC(F)(F)c1nnc2cnc(-c3cnc(OC4CC(F)(F)C4)c(F)c3)cn12.Fc1cc(-c2cn3c(C(F)(F)Cl)nnc3cn2)cnc1OC1CC(F)(F)C1. The van der Waals surface area contributed by atoms with E-state index in [0.29, 0.717) is 0 Å². The Morgan fingerprint density at radius 2 is 1.09 bits per heavy atom. The van der Waals surface area contributed by atoms with Crippen LogP contribution >= 0.6 is 11.6 Å². The zero-order chi connectivity index (χ0) is 40.2. The summed E-state index contributed by atoms with van der Waals surface area (Å²) in [7, 11) is 0. The fourth-order valence-corrected chi connectivity index (χ4v) is 5.67. The summed E-state index contributed by atoms with van der Waals surface area (Å²) in [6.07, 6.45) is -0.226. The van der Waals surface area contributed by atoms with Crippen molar-refractivity contribution in [2.75, 3.05) is 6.61 Å². The zero-order valence-corrected chi connectivity index (χ0v) is 28.9. The molecule has 2 aliphatic rings. The second-order valence-electron chi connectivity index (χ2n) is 12.5. The zero-order valence-electron chi connectivity index (χ0n) is 28.2. The van der Waals surface area contributed by atoms with Crippen molar-refractivity contribution >= 4 is 22.9 Å². The molecule has 0 aromatic carbocycles. The summed E-state index contributed by atoms with van der Waals surface area (Å²) in [4.78, 5) is 15.6. The molecule has 0 bridgehead atoms. The molecular weight excluding hydrogens is 822 g/mol. The predicted octanol–water partition coefficient (Wildman–Crippen LogP) is 8.65. The van der Waals surface area contributed by atoms with Crippen LogP contribution in [0.4, 0.5) is 43.9 Å². The second-order valence-corrected chi connectivity index (χ2v) is 13.0. The second kappa shape index (κ2) is 16.1. The smallest absolute Gasteiger partial charge is 0.418 e. The first-order valence-corrected chi connectivity index (χ1v) is 16.6. The molecule has 0 radical (unpaired) electrons. The van der Waals surface area contributed by atoms with Gasteiger partial charge in [0, 0.05) is 61.6 Å². The predicted molar refractivity (Wildman–Crippen MR) is 184 cm³/mol. The van der Waals surface area contributed by atoms with Gasteiger partial charge in [-0.25, -0.2) is 36.3 Å². The van der Waals surface area contributed by atoms with Crippen molar-refractivity contribution in [3.63, 3.8) is 0 Å². The van der Waals surface area contributed by atoms with E-state index in [4.69, 9.17) is 21.1 Å². The Morgan fingerprint density at radius 1 is 0.672 bits per heavy atom. The summed E-state index contributed by atoms with van der Waals surface area (Å²) in [5.74, 6) is -9.79. The fourth-order valence-electron chi connectivity index (χ4n) is 5.54. The van der Waals surface area contributed by atoms with E-state index in [0.717, 1.165) is 33.3 Å². The van der Waals surface area contributed by atoms with Gasteiger partial charge in [-0.05, 0) is 30.7 Å². The first-order chi connectivity index (χ1) is 26.3. The Balaban J connectivity index is 0.000000214. The molecule has 0 amide bonds. The minimum absolute atomic E-state index is 0. The van der Waals surface area contributed by atoms with Crippen LogP contribution in [0.5, 0.6) is 11.8 Å². The van der Waals surface area contributed by atoms with E-state index < -0.39 is 96.3 Å². The molecular formula is C34H31ClF10N10O3. The summed E-state index contributed by atoms with van der Waals surface area (Å²) in [5, 5.41) is 10.1. The van der Waals surface area contributed by atoms with Crippen molar-refractivity contribution < 1.29 is 58.1 Å². The highest BCUT2D eigenvalue weighted by Crippen LogP contribution is 2.41. The van der Waals surface area contributed by atoms with Gasteiger partial charge in [0.1, 0.15) is 12.2 Å². The van der Waals surface area contributed by atoms with Crippen LogP contribution in [0.25, 0.3) is 33.8 Å². The summed E-state index contributed by atoms with van der Waals surface area (Å²) in [5.41, 5.74) is 0.584. The number of pyridine rings is 2. The highest BCUT2D eigenvalue weighted by Gasteiger charge is 2.48. The molecule has 0 aliphatic heterocycles.